The number of carboxylic acid groups (broad SMARTS) is 1. The molecule has 0 aromatic carbocycles. The molecule has 3 N–H and O–H groups in total. The number of aliphatic carboxylic acids is 1. The summed E-state index contributed by atoms with van der Waals surface area (Å²) in [4.78, 5) is 24.9. The standard InChI is InChI=1S/C12H23N3O4/c1-3-12(2,10(16)17)14-11(18)13-4-5-15-6-8-19-9-7-15/h3-9H2,1-2H3,(H,16,17)(H2,13,14,18). The number of hydrogen-bond acceptors (Lipinski definition) is 4. The van der Waals surface area contributed by atoms with Crippen molar-refractivity contribution in [2.24, 2.45) is 0 Å². The number of rotatable bonds is 6. The van der Waals surface area contributed by atoms with Crippen molar-refractivity contribution in [2.45, 2.75) is 25.8 Å². The van der Waals surface area contributed by atoms with E-state index in [0.29, 0.717) is 13.0 Å². The third-order valence-corrected chi connectivity index (χ3v) is 3.39. The molecule has 19 heavy (non-hydrogen) atoms. The Labute approximate surface area is 113 Å². The zero-order chi connectivity index (χ0) is 14.3. The number of hydrogen-bond donors (Lipinski definition) is 3. The number of nitrogens with one attached hydrogen (secondary N) is 2. The second-order valence-corrected chi connectivity index (χ2v) is 4.83. The third kappa shape index (κ3) is 5.04. The molecule has 0 aliphatic carbocycles. The van der Waals surface area contributed by atoms with Crippen molar-refractivity contribution >= 4 is 12.0 Å². The molecule has 0 saturated carbocycles. The van der Waals surface area contributed by atoms with Crippen molar-refractivity contribution in [3.8, 4) is 0 Å². The van der Waals surface area contributed by atoms with Crippen molar-refractivity contribution in [1.82, 2.24) is 15.5 Å². The van der Waals surface area contributed by atoms with Crippen LogP contribution in [0.5, 0.6) is 0 Å². The minimum atomic E-state index is -1.22. The van der Waals surface area contributed by atoms with E-state index in [1.807, 2.05) is 0 Å². The van der Waals surface area contributed by atoms with Gasteiger partial charge in [-0.05, 0) is 13.3 Å². The molecule has 1 rings (SSSR count). The molecule has 7 nitrogen and oxygen atoms in total. The number of carbonyl (C=O) groups excluding carboxylic acids is 1. The lowest BCUT2D eigenvalue weighted by Crippen LogP contribution is -2.55. The SMILES string of the molecule is CCC(C)(NC(=O)NCCN1CCOCC1)C(=O)O. The molecule has 110 valence electrons. The second-order valence-electron chi connectivity index (χ2n) is 4.83. The maximum atomic E-state index is 11.6. The lowest BCUT2D eigenvalue weighted by atomic mass is 10.00. The number of ether oxygens (including phenoxy) is 1. The van der Waals surface area contributed by atoms with Crippen LogP contribution in [0.1, 0.15) is 20.3 Å². The summed E-state index contributed by atoms with van der Waals surface area (Å²) in [5.41, 5.74) is -1.22. The summed E-state index contributed by atoms with van der Waals surface area (Å²) >= 11 is 0. The maximum Gasteiger partial charge on any atom is 0.329 e. The van der Waals surface area contributed by atoms with Crippen LogP contribution in [0.4, 0.5) is 4.79 Å². The summed E-state index contributed by atoms with van der Waals surface area (Å²) in [5, 5.41) is 14.2. The average molecular weight is 273 g/mol. The summed E-state index contributed by atoms with van der Waals surface area (Å²) in [5.74, 6) is -1.03. The van der Waals surface area contributed by atoms with E-state index in [1.54, 1.807) is 6.92 Å². The van der Waals surface area contributed by atoms with Gasteiger partial charge < -0.3 is 20.5 Å². The van der Waals surface area contributed by atoms with Gasteiger partial charge in [0.1, 0.15) is 5.54 Å². The molecule has 2 amide bonds. The molecule has 1 atom stereocenters. The summed E-state index contributed by atoms with van der Waals surface area (Å²) in [6.45, 7) is 7.63. The van der Waals surface area contributed by atoms with Crippen LogP contribution in [-0.2, 0) is 9.53 Å². The van der Waals surface area contributed by atoms with E-state index in [2.05, 4.69) is 15.5 Å². The van der Waals surface area contributed by atoms with Gasteiger partial charge in [0, 0.05) is 26.2 Å². The van der Waals surface area contributed by atoms with Crippen molar-refractivity contribution in [3.05, 3.63) is 0 Å². The molecular weight excluding hydrogens is 250 g/mol. The molecule has 1 saturated heterocycles. The Morgan fingerprint density at radius 3 is 2.53 bits per heavy atom. The lowest BCUT2D eigenvalue weighted by molar-refractivity contribution is -0.143. The highest BCUT2D eigenvalue weighted by Gasteiger charge is 2.32. The van der Waals surface area contributed by atoms with E-state index in [0.717, 1.165) is 32.8 Å². The molecule has 0 spiro atoms. The molecule has 0 aromatic heterocycles. The van der Waals surface area contributed by atoms with Crippen LogP contribution in [0.15, 0.2) is 0 Å². The number of carbonyl (C=O) groups is 2. The minimum Gasteiger partial charge on any atom is -0.480 e. The van der Waals surface area contributed by atoms with Gasteiger partial charge in [-0.3, -0.25) is 4.90 Å². The van der Waals surface area contributed by atoms with Gasteiger partial charge in [-0.2, -0.15) is 0 Å². The molecule has 1 heterocycles. The fourth-order valence-corrected chi connectivity index (χ4v) is 1.74. The molecular formula is C12H23N3O4. The monoisotopic (exact) mass is 273 g/mol. The Balaban J connectivity index is 2.25. The van der Waals surface area contributed by atoms with E-state index in [1.165, 1.54) is 6.92 Å². The van der Waals surface area contributed by atoms with E-state index in [4.69, 9.17) is 9.84 Å². The quantitative estimate of drug-likeness (QED) is 0.627. The van der Waals surface area contributed by atoms with E-state index < -0.39 is 17.5 Å². The van der Waals surface area contributed by atoms with Crippen LogP contribution in [-0.4, -0.2) is 66.9 Å². The second kappa shape index (κ2) is 7.30. The first-order valence-corrected chi connectivity index (χ1v) is 6.57. The molecule has 0 radical (unpaired) electrons. The highest BCUT2D eigenvalue weighted by atomic mass is 16.5. The number of nitrogens with zero attached hydrogens (tertiary/aromatic N) is 1. The summed E-state index contributed by atoms with van der Waals surface area (Å²) < 4.78 is 5.23. The molecule has 1 fully saturated rings. The number of amides is 2. The fourth-order valence-electron chi connectivity index (χ4n) is 1.74. The normalized spacial score (nSPS) is 19.5. The molecule has 1 aliphatic rings. The van der Waals surface area contributed by atoms with Gasteiger partial charge in [-0.15, -0.1) is 0 Å². The van der Waals surface area contributed by atoms with Crippen molar-refractivity contribution < 1.29 is 19.4 Å². The summed E-state index contributed by atoms with van der Waals surface area (Å²) in [7, 11) is 0. The fraction of sp³-hybridized carbons (Fsp3) is 0.833. The van der Waals surface area contributed by atoms with Gasteiger partial charge in [0.15, 0.2) is 0 Å². The van der Waals surface area contributed by atoms with Gasteiger partial charge >= 0.3 is 12.0 Å². The predicted molar refractivity (Wildman–Crippen MR) is 70.1 cm³/mol. The molecule has 1 aliphatic heterocycles. The zero-order valence-electron chi connectivity index (χ0n) is 11.6. The van der Waals surface area contributed by atoms with Crippen molar-refractivity contribution in [3.63, 3.8) is 0 Å². The van der Waals surface area contributed by atoms with Gasteiger partial charge in [-0.1, -0.05) is 6.92 Å². The minimum absolute atomic E-state index is 0.333. The van der Waals surface area contributed by atoms with Gasteiger partial charge in [-0.25, -0.2) is 9.59 Å². The Morgan fingerprint density at radius 1 is 1.37 bits per heavy atom. The van der Waals surface area contributed by atoms with Crippen LogP contribution in [0.2, 0.25) is 0 Å². The van der Waals surface area contributed by atoms with Crippen LogP contribution in [0.3, 0.4) is 0 Å². The van der Waals surface area contributed by atoms with Gasteiger partial charge in [0.25, 0.3) is 0 Å². The predicted octanol–water partition coefficient (Wildman–Crippen LogP) is -0.129. The average Bonchev–Trinajstić information content (AvgIpc) is 2.39. The van der Waals surface area contributed by atoms with E-state index >= 15 is 0 Å². The first kappa shape index (κ1) is 15.7. The highest BCUT2D eigenvalue weighted by Crippen LogP contribution is 2.08. The van der Waals surface area contributed by atoms with Crippen LogP contribution in [0, 0.1) is 0 Å². The van der Waals surface area contributed by atoms with Crippen LogP contribution in [0.25, 0.3) is 0 Å². The summed E-state index contributed by atoms with van der Waals surface area (Å²) in [6, 6.07) is -0.444. The number of carboxylic acids is 1. The third-order valence-electron chi connectivity index (χ3n) is 3.39. The maximum absolute atomic E-state index is 11.6. The van der Waals surface area contributed by atoms with Gasteiger partial charge in [0.05, 0.1) is 13.2 Å². The largest absolute Gasteiger partial charge is 0.480 e. The number of morpholine rings is 1. The summed E-state index contributed by atoms with van der Waals surface area (Å²) in [6.07, 6.45) is 0.333. The van der Waals surface area contributed by atoms with E-state index in [-0.39, 0.29) is 0 Å². The molecule has 0 bridgehead atoms. The van der Waals surface area contributed by atoms with Gasteiger partial charge in [0.2, 0.25) is 0 Å². The van der Waals surface area contributed by atoms with Crippen LogP contribution < -0.4 is 10.6 Å². The Hall–Kier alpha value is -1.34. The lowest BCUT2D eigenvalue weighted by Gasteiger charge is -2.27. The molecule has 7 heteroatoms. The molecule has 0 aromatic rings. The Morgan fingerprint density at radius 2 is 2.00 bits per heavy atom. The number of urea groups is 1. The van der Waals surface area contributed by atoms with E-state index in [9.17, 15) is 9.59 Å². The Bertz CT molecular complexity index is 318. The topological polar surface area (TPSA) is 90.9 Å². The first-order chi connectivity index (χ1) is 8.98. The highest BCUT2D eigenvalue weighted by molar-refractivity contribution is 5.85. The Kier molecular flexibility index (Phi) is 6.04. The van der Waals surface area contributed by atoms with Crippen molar-refractivity contribution in [1.29, 1.82) is 0 Å². The smallest absolute Gasteiger partial charge is 0.329 e. The first-order valence-electron chi connectivity index (χ1n) is 6.57. The van der Waals surface area contributed by atoms with Crippen molar-refractivity contribution in [2.75, 3.05) is 39.4 Å². The zero-order valence-corrected chi connectivity index (χ0v) is 11.6. The molecule has 1 unspecified atom stereocenters. The van der Waals surface area contributed by atoms with Crippen LogP contribution >= 0.6 is 0 Å².